The zero-order valence-electron chi connectivity index (χ0n) is 13.0. The highest BCUT2D eigenvalue weighted by Gasteiger charge is 2.50. The van der Waals surface area contributed by atoms with E-state index in [1.165, 1.54) is 0 Å². The highest BCUT2D eigenvalue weighted by atomic mass is 19.4. The van der Waals surface area contributed by atoms with Gasteiger partial charge in [0.15, 0.2) is 0 Å². The Morgan fingerprint density at radius 2 is 1.95 bits per heavy atom. The van der Waals surface area contributed by atoms with Crippen LogP contribution in [0.3, 0.4) is 0 Å². The number of nitrogens with zero attached hydrogens (tertiary/aromatic N) is 1. The van der Waals surface area contributed by atoms with E-state index >= 15 is 0 Å². The van der Waals surface area contributed by atoms with Gasteiger partial charge in [0.05, 0.1) is 5.41 Å². The second-order valence-corrected chi connectivity index (χ2v) is 6.39. The van der Waals surface area contributed by atoms with Crippen LogP contribution in [0.15, 0.2) is 24.3 Å². The highest BCUT2D eigenvalue weighted by Crippen LogP contribution is 2.32. The molecule has 1 saturated heterocycles. The van der Waals surface area contributed by atoms with Crippen LogP contribution in [0, 0.1) is 5.41 Å². The van der Waals surface area contributed by atoms with Gasteiger partial charge in [0.2, 0.25) is 5.91 Å². The van der Waals surface area contributed by atoms with Crippen LogP contribution < -0.4 is 5.43 Å². The molecular formula is C16H21F3N2O. The summed E-state index contributed by atoms with van der Waals surface area (Å²) >= 11 is 0. The van der Waals surface area contributed by atoms with E-state index in [2.05, 4.69) is 5.43 Å². The van der Waals surface area contributed by atoms with Crippen LogP contribution in [0.5, 0.6) is 0 Å². The Kier molecular flexibility index (Phi) is 4.52. The number of hydrazine groups is 1. The summed E-state index contributed by atoms with van der Waals surface area (Å²) in [5.74, 6) is -0.371. The third kappa shape index (κ3) is 3.61. The van der Waals surface area contributed by atoms with E-state index in [1.807, 2.05) is 13.0 Å². The molecule has 1 heterocycles. The van der Waals surface area contributed by atoms with E-state index in [9.17, 15) is 18.0 Å². The van der Waals surface area contributed by atoms with Crippen molar-refractivity contribution in [1.82, 2.24) is 10.4 Å². The lowest BCUT2D eigenvalue weighted by molar-refractivity contribution is -0.188. The van der Waals surface area contributed by atoms with Gasteiger partial charge >= 0.3 is 6.18 Å². The molecule has 1 aromatic rings. The SMILES string of the molecule is CCc1cccc(CC(N2CC(C)(C)C(=O)N2)C(F)(F)F)c1. The summed E-state index contributed by atoms with van der Waals surface area (Å²) < 4.78 is 40.3. The number of benzene rings is 1. The number of alkyl halides is 3. The van der Waals surface area contributed by atoms with Crippen molar-refractivity contribution >= 4 is 5.91 Å². The fourth-order valence-corrected chi connectivity index (χ4v) is 2.61. The molecule has 1 aromatic carbocycles. The first-order valence-electron chi connectivity index (χ1n) is 7.36. The molecule has 1 aliphatic heterocycles. The number of amides is 1. The summed E-state index contributed by atoms with van der Waals surface area (Å²) in [6.07, 6.45) is -3.80. The molecule has 1 unspecified atom stereocenters. The highest BCUT2D eigenvalue weighted by molar-refractivity contribution is 5.83. The number of hydrogen-bond acceptors (Lipinski definition) is 2. The largest absolute Gasteiger partial charge is 0.406 e. The lowest BCUT2D eigenvalue weighted by Gasteiger charge is -2.29. The van der Waals surface area contributed by atoms with E-state index in [4.69, 9.17) is 0 Å². The average Bonchev–Trinajstić information content (AvgIpc) is 2.69. The average molecular weight is 314 g/mol. The summed E-state index contributed by atoms with van der Waals surface area (Å²) in [7, 11) is 0. The van der Waals surface area contributed by atoms with Crippen molar-refractivity contribution in [2.75, 3.05) is 6.54 Å². The molecule has 1 fully saturated rings. The Morgan fingerprint density at radius 3 is 2.45 bits per heavy atom. The molecule has 6 heteroatoms. The smallest absolute Gasteiger partial charge is 0.288 e. The summed E-state index contributed by atoms with van der Waals surface area (Å²) in [6, 6.07) is 5.44. The molecule has 0 spiro atoms. The Bertz CT molecular complexity index is 555. The van der Waals surface area contributed by atoms with Gasteiger partial charge in [-0.25, -0.2) is 5.01 Å². The van der Waals surface area contributed by atoms with Gasteiger partial charge in [-0.15, -0.1) is 0 Å². The number of aryl methyl sites for hydroxylation is 1. The fourth-order valence-electron chi connectivity index (χ4n) is 2.61. The fraction of sp³-hybridized carbons (Fsp3) is 0.562. The van der Waals surface area contributed by atoms with Crippen molar-refractivity contribution in [2.45, 2.75) is 45.8 Å². The number of halogens is 3. The van der Waals surface area contributed by atoms with Gasteiger partial charge in [-0.3, -0.25) is 10.2 Å². The minimum atomic E-state index is -4.41. The molecule has 1 aliphatic rings. The maximum atomic E-state index is 13.4. The van der Waals surface area contributed by atoms with Crippen molar-refractivity contribution in [1.29, 1.82) is 0 Å². The number of rotatable bonds is 4. The van der Waals surface area contributed by atoms with Crippen molar-refractivity contribution in [3.63, 3.8) is 0 Å². The topological polar surface area (TPSA) is 32.3 Å². The zero-order valence-corrected chi connectivity index (χ0v) is 13.0. The second-order valence-electron chi connectivity index (χ2n) is 6.39. The third-order valence-corrected chi connectivity index (χ3v) is 4.01. The third-order valence-electron chi connectivity index (χ3n) is 4.01. The molecule has 0 radical (unpaired) electrons. The van der Waals surface area contributed by atoms with E-state index in [-0.39, 0.29) is 18.9 Å². The first-order valence-corrected chi connectivity index (χ1v) is 7.36. The van der Waals surface area contributed by atoms with E-state index in [1.54, 1.807) is 32.0 Å². The standard InChI is InChI=1S/C16H21F3N2O/c1-4-11-6-5-7-12(8-11)9-13(16(17,18)19)21-10-15(2,3)14(22)20-21/h5-8,13H,4,9-10H2,1-3H3,(H,20,22). The molecular weight excluding hydrogens is 293 g/mol. The Balaban J connectivity index is 2.23. The van der Waals surface area contributed by atoms with Gasteiger partial charge in [0, 0.05) is 6.54 Å². The maximum Gasteiger partial charge on any atom is 0.406 e. The van der Waals surface area contributed by atoms with Crippen molar-refractivity contribution in [3.05, 3.63) is 35.4 Å². The number of carbonyl (C=O) groups is 1. The summed E-state index contributed by atoms with van der Waals surface area (Å²) in [5, 5.41) is 1.03. The Hall–Kier alpha value is -1.56. The molecule has 1 N–H and O–H groups in total. The van der Waals surface area contributed by atoms with E-state index < -0.39 is 17.6 Å². The molecule has 0 bridgehead atoms. The van der Waals surface area contributed by atoms with Gasteiger partial charge in [0.1, 0.15) is 6.04 Å². The van der Waals surface area contributed by atoms with Gasteiger partial charge in [-0.05, 0) is 37.8 Å². The van der Waals surface area contributed by atoms with Crippen LogP contribution >= 0.6 is 0 Å². The normalized spacial score (nSPS) is 20.0. The number of hydrogen-bond donors (Lipinski definition) is 1. The van der Waals surface area contributed by atoms with Crippen LogP contribution in [-0.2, 0) is 17.6 Å². The number of nitrogens with one attached hydrogen (secondary N) is 1. The maximum absolute atomic E-state index is 13.4. The molecule has 2 rings (SSSR count). The van der Waals surface area contributed by atoms with Crippen LogP contribution in [0.4, 0.5) is 13.2 Å². The predicted octanol–water partition coefficient (Wildman–Crippen LogP) is 3.10. The zero-order chi connectivity index (χ0) is 16.5. The van der Waals surface area contributed by atoms with Crippen molar-refractivity contribution in [2.24, 2.45) is 5.41 Å². The summed E-state index contributed by atoms with van der Waals surface area (Å²) in [5.41, 5.74) is 3.19. The minimum Gasteiger partial charge on any atom is -0.288 e. The monoisotopic (exact) mass is 314 g/mol. The minimum absolute atomic E-state index is 0.0451. The Labute approximate surface area is 128 Å². The molecule has 0 aromatic heterocycles. The van der Waals surface area contributed by atoms with Crippen LogP contribution in [0.25, 0.3) is 0 Å². The van der Waals surface area contributed by atoms with Crippen molar-refractivity contribution in [3.8, 4) is 0 Å². The quantitative estimate of drug-likeness (QED) is 0.926. The van der Waals surface area contributed by atoms with E-state index in [0.717, 1.165) is 17.0 Å². The van der Waals surface area contributed by atoms with Gasteiger partial charge in [-0.2, -0.15) is 13.2 Å². The molecule has 3 nitrogen and oxygen atoms in total. The lowest BCUT2D eigenvalue weighted by Crippen LogP contribution is -2.51. The molecule has 0 saturated carbocycles. The predicted molar refractivity (Wildman–Crippen MR) is 78.0 cm³/mol. The van der Waals surface area contributed by atoms with Crippen LogP contribution in [-0.4, -0.2) is 29.7 Å². The Morgan fingerprint density at radius 1 is 1.32 bits per heavy atom. The van der Waals surface area contributed by atoms with Crippen LogP contribution in [0.1, 0.15) is 31.9 Å². The van der Waals surface area contributed by atoms with E-state index in [0.29, 0.717) is 5.56 Å². The first kappa shape index (κ1) is 16.8. The molecule has 22 heavy (non-hydrogen) atoms. The van der Waals surface area contributed by atoms with Crippen molar-refractivity contribution < 1.29 is 18.0 Å². The van der Waals surface area contributed by atoms with Gasteiger partial charge in [0.25, 0.3) is 0 Å². The summed E-state index contributed by atoms with van der Waals surface area (Å²) in [4.78, 5) is 11.8. The van der Waals surface area contributed by atoms with Gasteiger partial charge < -0.3 is 0 Å². The second kappa shape index (κ2) is 5.91. The molecule has 0 aliphatic carbocycles. The first-order chi connectivity index (χ1) is 10.1. The number of carbonyl (C=O) groups excluding carboxylic acids is 1. The molecule has 122 valence electrons. The lowest BCUT2D eigenvalue weighted by atomic mass is 9.93. The molecule has 1 amide bonds. The molecule has 1 atom stereocenters. The van der Waals surface area contributed by atoms with Gasteiger partial charge in [-0.1, -0.05) is 31.2 Å². The van der Waals surface area contributed by atoms with Crippen LogP contribution in [0.2, 0.25) is 0 Å². The summed E-state index contributed by atoms with van der Waals surface area (Å²) in [6.45, 7) is 5.30.